The Balaban J connectivity index is 1.57. The molecule has 1 atom stereocenters. The van der Waals surface area contributed by atoms with Crippen LogP contribution in [0.1, 0.15) is 34.0 Å². The first-order valence-electron chi connectivity index (χ1n) is 8.76. The highest BCUT2D eigenvalue weighted by Crippen LogP contribution is 2.31. The molecule has 25 heavy (non-hydrogen) atoms. The normalized spacial score (nSPS) is 16.3. The van der Waals surface area contributed by atoms with E-state index in [4.69, 9.17) is 4.74 Å². The summed E-state index contributed by atoms with van der Waals surface area (Å²) in [6.45, 7) is 3.67. The first kappa shape index (κ1) is 15.9. The van der Waals surface area contributed by atoms with E-state index >= 15 is 0 Å². The maximum Gasteiger partial charge on any atom is 0.120 e. The van der Waals surface area contributed by atoms with Crippen molar-refractivity contribution in [2.75, 3.05) is 6.54 Å². The Hall–Kier alpha value is -2.65. The van der Waals surface area contributed by atoms with Gasteiger partial charge in [-0.3, -0.25) is 4.98 Å². The first-order valence-corrected chi connectivity index (χ1v) is 8.76. The van der Waals surface area contributed by atoms with Crippen molar-refractivity contribution >= 4 is 0 Å². The van der Waals surface area contributed by atoms with Crippen LogP contribution in [0.25, 0.3) is 0 Å². The average molecular weight is 330 g/mol. The molecule has 1 aliphatic rings. The summed E-state index contributed by atoms with van der Waals surface area (Å²) in [6, 6.07) is 21.0. The van der Waals surface area contributed by atoms with Crippen molar-refractivity contribution in [2.24, 2.45) is 0 Å². The van der Waals surface area contributed by atoms with Crippen LogP contribution in [-0.4, -0.2) is 11.5 Å². The predicted octanol–water partition coefficient (Wildman–Crippen LogP) is 4.20. The molecule has 2 aromatic carbocycles. The summed E-state index contributed by atoms with van der Waals surface area (Å²) in [7, 11) is 0. The molecule has 4 rings (SSSR count). The van der Waals surface area contributed by atoms with E-state index in [-0.39, 0.29) is 6.04 Å². The Morgan fingerprint density at radius 2 is 1.96 bits per heavy atom. The SMILES string of the molecule is Cc1cccnc1C1NCCc2cc(OCc3ccccc3)ccc21. The van der Waals surface area contributed by atoms with Crippen LogP contribution < -0.4 is 10.1 Å². The lowest BCUT2D eigenvalue weighted by Gasteiger charge is -2.28. The lowest BCUT2D eigenvalue weighted by molar-refractivity contribution is 0.305. The topological polar surface area (TPSA) is 34.2 Å². The van der Waals surface area contributed by atoms with Gasteiger partial charge in [0.2, 0.25) is 0 Å². The zero-order valence-corrected chi connectivity index (χ0v) is 14.4. The maximum atomic E-state index is 5.99. The molecule has 1 aromatic heterocycles. The van der Waals surface area contributed by atoms with E-state index in [0.717, 1.165) is 24.4 Å². The van der Waals surface area contributed by atoms with Gasteiger partial charge in [0.1, 0.15) is 12.4 Å². The minimum absolute atomic E-state index is 0.160. The van der Waals surface area contributed by atoms with Crippen LogP contribution >= 0.6 is 0 Å². The second-order valence-electron chi connectivity index (χ2n) is 6.48. The van der Waals surface area contributed by atoms with Gasteiger partial charge in [0.25, 0.3) is 0 Å². The van der Waals surface area contributed by atoms with E-state index in [1.165, 1.54) is 22.3 Å². The van der Waals surface area contributed by atoms with Gasteiger partial charge in [-0.1, -0.05) is 42.5 Å². The van der Waals surface area contributed by atoms with Gasteiger partial charge >= 0.3 is 0 Å². The van der Waals surface area contributed by atoms with Crippen molar-refractivity contribution < 1.29 is 4.74 Å². The standard InChI is InChI=1S/C22H22N2O/c1-16-6-5-12-23-21(16)22-20-10-9-19(14-18(20)11-13-24-22)25-15-17-7-3-2-4-8-17/h2-10,12,14,22,24H,11,13,15H2,1H3. The number of ether oxygens (including phenoxy) is 1. The number of pyridine rings is 1. The average Bonchev–Trinajstić information content (AvgIpc) is 2.67. The molecule has 3 nitrogen and oxygen atoms in total. The highest BCUT2D eigenvalue weighted by Gasteiger charge is 2.23. The Morgan fingerprint density at radius 3 is 2.80 bits per heavy atom. The summed E-state index contributed by atoms with van der Waals surface area (Å²) in [4.78, 5) is 4.61. The molecular weight excluding hydrogens is 308 g/mol. The lowest BCUT2D eigenvalue weighted by atomic mass is 9.90. The van der Waals surface area contributed by atoms with E-state index in [2.05, 4.69) is 53.6 Å². The third kappa shape index (κ3) is 3.42. The van der Waals surface area contributed by atoms with Gasteiger partial charge in [-0.25, -0.2) is 0 Å². The summed E-state index contributed by atoms with van der Waals surface area (Å²) >= 11 is 0. The van der Waals surface area contributed by atoms with E-state index in [1.807, 2.05) is 30.5 Å². The largest absolute Gasteiger partial charge is 0.489 e. The molecule has 0 saturated heterocycles. The molecule has 0 amide bonds. The second-order valence-corrected chi connectivity index (χ2v) is 6.48. The molecule has 0 bridgehead atoms. The summed E-state index contributed by atoms with van der Waals surface area (Å²) < 4.78 is 5.99. The van der Waals surface area contributed by atoms with Gasteiger partial charge in [-0.15, -0.1) is 0 Å². The molecule has 1 unspecified atom stereocenters. The first-order chi connectivity index (χ1) is 12.3. The molecule has 3 heteroatoms. The van der Waals surface area contributed by atoms with E-state index in [0.29, 0.717) is 6.61 Å². The van der Waals surface area contributed by atoms with Gasteiger partial charge < -0.3 is 10.1 Å². The highest BCUT2D eigenvalue weighted by atomic mass is 16.5. The summed E-state index contributed by atoms with van der Waals surface area (Å²) in [5.41, 5.74) is 6.17. The Bertz CT molecular complexity index is 861. The van der Waals surface area contributed by atoms with Gasteiger partial charge in [0.15, 0.2) is 0 Å². The summed E-state index contributed by atoms with van der Waals surface area (Å²) in [5, 5.41) is 3.61. The number of aryl methyl sites for hydroxylation is 1. The number of benzene rings is 2. The minimum atomic E-state index is 0.160. The second kappa shape index (κ2) is 7.08. The van der Waals surface area contributed by atoms with Crippen molar-refractivity contribution in [3.63, 3.8) is 0 Å². The monoisotopic (exact) mass is 330 g/mol. The quantitative estimate of drug-likeness (QED) is 0.778. The maximum absolute atomic E-state index is 5.99. The molecule has 0 fully saturated rings. The Labute approximate surface area is 148 Å². The van der Waals surface area contributed by atoms with E-state index in [1.54, 1.807) is 0 Å². The zero-order chi connectivity index (χ0) is 17.1. The summed E-state index contributed by atoms with van der Waals surface area (Å²) in [5.74, 6) is 0.931. The summed E-state index contributed by atoms with van der Waals surface area (Å²) in [6.07, 6.45) is 2.88. The molecule has 0 radical (unpaired) electrons. The zero-order valence-electron chi connectivity index (χ0n) is 14.4. The Kier molecular flexibility index (Phi) is 4.49. The molecule has 1 N–H and O–H groups in total. The molecule has 0 aliphatic carbocycles. The van der Waals surface area contributed by atoms with Crippen LogP contribution in [0.5, 0.6) is 5.75 Å². The van der Waals surface area contributed by atoms with E-state index < -0.39 is 0 Å². The van der Waals surface area contributed by atoms with Gasteiger partial charge in [-0.05, 0) is 53.8 Å². The van der Waals surface area contributed by atoms with Crippen LogP contribution in [0.2, 0.25) is 0 Å². The highest BCUT2D eigenvalue weighted by molar-refractivity contribution is 5.43. The number of nitrogens with one attached hydrogen (secondary N) is 1. The fourth-order valence-electron chi connectivity index (χ4n) is 3.42. The fourth-order valence-corrected chi connectivity index (χ4v) is 3.42. The fraction of sp³-hybridized carbons (Fsp3) is 0.227. The number of rotatable bonds is 4. The molecule has 3 aromatic rings. The minimum Gasteiger partial charge on any atom is -0.489 e. The number of hydrogen-bond donors (Lipinski definition) is 1. The van der Waals surface area contributed by atoms with E-state index in [9.17, 15) is 0 Å². The van der Waals surface area contributed by atoms with Crippen LogP contribution in [0, 0.1) is 6.92 Å². The van der Waals surface area contributed by atoms with Crippen LogP contribution in [0.15, 0.2) is 66.9 Å². The number of nitrogens with zero attached hydrogens (tertiary/aromatic N) is 1. The Morgan fingerprint density at radius 1 is 1.08 bits per heavy atom. The van der Waals surface area contributed by atoms with Crippen molar-refractivity contribution in [3.05, 3.63) is 94.8 Å². The molecular formula is C22H22N2O. The van der Waals surface area contributed by atoms with Gasteiger partial charge in [-0.2, -0.15) is 0 Å². The smallest absolute Gasteiger partial charge is 0.120 e. The number of hydrogen-bond acceptors (Lipinski definition) is 3. The van der Waals surface area contributed by atoms with Crippen molar-refractivity contribution in [3.8, 4) is 5.75 Å². The molecule has 2 heterocycles. The number of aromatic nitrogens is 1. The van der Waals surface area contributed by atoms with Crippen molar-refractivity contribution in [1.29, 1.82) is 0 Å². The van der Waals surface area contributed by atoms with Crippen LogP contribution in [0.3, 0.4) is 0 Å². The van der Waals surface area contributed by atoms with Crippen molar-refractivity contribution in [1.82, 2.24) is 10.3 Å². The number of fused-ring (bicyclic) bond motifs is 1. The van der Waals surface area contributed by atoms with Crippen LogP contribution in [-0.2, 0) is 13.0 Å². The third-order valence-electron chi connectivity index (χ3n) is 4.74. The van der Waals surface area contributed by atoms with Crippen molar-refractivity contribution in [2.45, 2.75) is 26.0 Å². The van der Waals surface area contributed by atoms with Gasteiger partial charge in [0.05, 0.1) is 11.7 Å². The van der Waals surface area contributed by atoms with Gasteiger partial charge in [0, 0.05) is 12.7 Å². The molecule has 0 spiro atoms. The lowest BCUT2D eigenvalue weighted by Crippen LogP contribution is -2.31. The third-order valence-corrected chi connectivity index (χ3v) is 4.74. The predicted molar refractivity (Wildman–Crippen MR) is 99.7 cm³/mol. The molecule has 126 valence electrons. The molecule has 1 aliphatic heterocycles. The van der Waals surface area contributed by atoms with Crippen LogP contribution in [0.4, 0.5) is 0 Å². The molecule has 0 saturated carbocycles.